The molecule has 2 bridgehead atoms. The van der Waals surface area contributed by atoms with E-state index < -0.39 is 22.0 Å². The largest absolute Gasteiger partial charge is 0.490 e. The number of amides is 1. The van der Waals surface area contributed by atoms with Crippen LogP contribution in [0.5, 0.6) is 5.75 Å². The van der Waals surface area contributed by atoms with Crippen molar-refractivity contribution in [2.75, 3.05) is 30.3 Å². The van der Waals surface area contributed by atoms with Crippen LogP contribution in [0.2, 0.25) is 5.02 Å². The zero-order valence-corrected chi connectivity index (χ0v) is 24.7. The molecule has 1 spiro atoms. The van der Waals surface area contributed by atoms with Gasteiger partial charge in [-0.05, 0) is 110 Å². The summed E-state index contributed by atoms with van der Waals surface area (Å²) in [5.74, 6) is 0.493. The van der Waals surface area contributed by atoms with Gasteiger partial charge in [0.25, 0.3) is 5.91 Å². The average molecular weight is 597 g/mol. The Labute approximate surface area is 247 Å². The predicted molar refractivity (Wildman–Crippen MR) is 159 cm³/mol. The number of nitrogens with zero attached hydrogens (tertiary/aromatic N) is 1. The van der Waals surface area contributed by atoms with Crippen LogP contribution in [0, 0.1) is 23.7 Å². The maximum absolute atomic E-state index is 13.3. The van der Waals surface area contributed by atoms with Crippen LogP contribution in [-0.4, -0.2) is 51.0 Å². The first-order chi connectivity index (χ1) is 19.7. The van der Waals surface area contributed by atoms with Crippen molar-refractivity contribution in [1.29, 1.82) is 0 Å². The van der Waals surface area contributed by atoms with Crippen LogP contribution in [0.3, 0.4) is 0 Å². The fourth-order valence-corrected chi connectivity index (χ4v) is 9.44. The molecule has 218 valence electrons. The topological polar surface area (TPSA) is 95.9 Å². The third-order valence-corrected chi connectivity index (χ3v) is 12.0. The van der Waals surface area contributed by atoms with Gasteiger partial charge in [0.2, 0.25) is 10.0 Å². The SMILES string of the molecule is O=C1NS(=O)(=O)C[C@@H]2CC[C@H]2/C=C/[C@H](O)[C@@H]2CC[C@H]2CN2C[C@@]3(CCCc4cc(Cl)ccc43)COc3ccc1cc32. The number of aliphatic hydroxyl groups is 1. The number of aryl methyl sites for hydroxylation is 1. The number of fused-ring (bicyclic) bond motifs is 5. The highest BCUT2D eigenvalue weighted by atomic mass is 35.5. The van der Waals surface area contributed by atoms with E-state index in [9.17, 15) is 18.3 Å². The van der Waals surface area contributed by atoms with Gasteiger partial charge in [-0.1, -0.05) is 29.8 Å². The van der Waals surface area contributed by atoms with Gasteiger partial charge in [-0.2, -0.15) is 0 Å². The summed E-state index contributed by atoms with van der Waals surface area (Å²) in [6.45, 7) is 1.94. The summed E-state index contributed by atoms with van der Waals surface area (Å²) in [6, 6.07) is 11.4. The number of halogens is 1. The van der Waals surface area contributed by atoms with Gasteiger partial charge >= 0.3 is 0 Å². The minimum absolute atomic E-state index is 0.0470. The van der Waals surface area contributed by atoms with E-state index in [1.807, 2.05) is 18.2 Å². The van der Waals surface area contributed by atoms with Crippen LogP contribution in [-0.2, 0) is 21.9 Å². The van der Waals surface area contributed by atoms with Gasteiger partial charge in [0.15, 0.2) is 0 Å². The molecule has 7 nitrogen and oxygen atoms in total. The lowest BCUT2D eigenvalue weighted by atomic mass is 9.68. The van der Waals surface area contributed by atoms with Crippen molar-refractivity contribution in [3.8, 4) is 5.75 Å². The Morgan fingerprint density at radius 1 is 1.05 bits per heavy atom. The summed E-state index contributed by atoms with van der Waals surface area (Å²) in [4.78, 5) is 15.6. The van der Waals surface area contributed by atoms with E-state index in [1.165, 1.54) is 11.1 Å². The number of benzene rings is 2. The molecule has 9 heteroatoms. The van der Waals surface area contributed by atoms with E-state index in [2.05, 4.69) is 21.8 Å². The van der Waals surface area contributed by atoms with Gasteiger partial charge in [-0.3, -0.25) is 4.79 Å². The van der Waals surface area contributed by atoms with Gasteiger partial charge in [-0.25, -0.2) is 13.1 Å². The highest BCUT2D eigenvalue weighted by molar-refractivity contribution is 7.90. The van der Waals surface area contributed by atoms with Crippen LogP contribution < -0.4 is 14.4 Å². The fraction of sp³-hybridized carbons (Fsp3) is 0.531. The first-order valence-corrected chi connectivity index (χ1v) is 16.9. The van der Waals surface area contributed by atoms with Crippen LogP contribution in [0.15, 0.2) is 48.6 Å². The molecule has 2 aromatic carbocycles. The van der Waals surface area contributed by atoms with Crippen molar-refractivity contribution >= 4 is 33.2 Å². The zero-order valence-electron chi connectivity index (χ0n) is 23.1. The normalized spacial score (nSPS) is 34.8. The summed E-state index contributed by atoms with van der Waals surface area (Å²) >= 11 is 6.38. The predicted octanol–water partition coefficient (Wildman–Crippen LogP) is 4.86. The van der Waals surface area contributed by atoms with Crippen LogP contribution >= 0.6 is 11.6 Å². The quantitative estimate of drug-likeness (QED) is 0.422. The summed E-state index contributed by atoms with van der Waals surface area (Å²) in [5.41, 5.74) is 3.38. The van der Waals surface area contributed by atoms with E-state index in [1.54, 1.807) is 18.2 Å². The highest BCUT2D eigenvalue weighted by Crippen LogP contribution is 2.47. The molecule has 6 atom stereocenters. The second-order valence-corrected chi connectivity index (χ2v) is 15.1. The van der Waals surface area contributed by atoms with Gasteiger partial charge in [0.1, 0.15) is 5.75 Å². The second kappa shape index (κ2) is 10.3. The third kappa shape index (κ3) is 5.06. The van der Waals surface area contributed by atoms with Gasteiger partial charge in [0, 0.05) is 29.1 Å². The average Bonchev–Trinajstić information content (AvgIpc) is 3.05. The van der Waals surface area contributed by atoms with Gasteiger partial charge < -0.3 is 14.7 Å². The van der Waals surface area contributed by atoms with E-state index >= 15 is 0 Å². The highest BCUT2D eigenvalue weighted by Gasteiger charge is 2.44. The number of rotatable bonds is 0. The molecule has 2 N–H and O–H groups in total. The summed E-state index contributed by atoms with van der Waals surface area (Å²) in [6.07, 6.45) is 10.0. The molecule has 2 aromatic rings. The van der Waals surface area contributed by atoms with Crippen molar-refractivity contribution in [2.45, 2.75) is 56.5 Å². The van der Waals surface area contributed by atoms with Crippen molar-refractivity contribution in [3.05, 3.63) is 70.3 Å². The lowest BCUT2D eigenvalue weighted by Gasteiger charge is -2.45. The molecule has 3 aliphatic carbocycles. The Bertz CT molecular complexity index is 1510. The standard InChI is InChI=1S/C32H37ClN2O5S/c33-25-8-10-27-21(14-25)2-1-13-32(27)18-35-16-23-5-9-26(23)29(36)11-6-20-3-4-24(20)17-41(38,39)34-31(37)22-7-12-30(40-19-32)28(35)15-22/h6-8,10-12,14-15,20,23-24,26,29,36H,1-5,9,13,16-19H2,(H,34,37)/b11-6+/t20-,23-,24-,26+,29-,32-/m0/s1. The molecule has 0 aromatic heterocycles. The number of aliphatic hydroxyl groups excluding tert-OH is 1. The molecule has 1 amide bonds. The lowest BCUT2D eigenvalue weighted by Crippen LogP contribution is -2.49. The number of sulfonamides is 1. The summed E-state index contributed by atoms with van der Waals surface area (Å²) in [5, 5.41) is 11.9. The Balaban J connectivity index is 1.29. The fourth-order valence-electron chi connectivity index (χ4n) is 7.79. The lowest BCUT2D eigenvalue weighted by molar-refractivity contribution is 0.0450. The van der Waals surface area contributed by atoms with Crippen LogP contribution in [0.1, 0.15) is 60.0 Å². The van der Waals surface area contributed by atoms with E-state index in [0.29, 0.717) is 30.4 Å². The molecule has 41 heavy (non-hydrogen) atoms. The molecule has 2 fully saturated rings. The number of ether oxygens (including phenoxy) is 1. The summed E-state index contributed by atoms with van der Waals surface area (Å²) < 4.78 is 34.8. The molecule has 5 aliphatic rings. The molecule has 2 aliphatic heterocycles. The van der Waals surface area contributed by atoms with E-state index in [0.717, 1.165) is 62.2 Å². The van der Waals surface area contributed by atoms with E-state index in [4.69, 9.17) is 16.3 Å². The first-order valence-electron chi connectivity index (χ1n) is 14.9. The smallest absolute Gasteiger partial charge is 0.264 e. The first kappa shape index (κ1) is 27.3. The number of allylic oxidation sites excluding steroid dienone is 1. The second-order valence-electron chi connectivity index (χ2n) is 12.9. The van der Waals surface area contributed by atoms with Crippen LogP contribution in [0.25, 0.3) is 0 Å². The maximum atomic E-state index is 13.3. The number of carbonyl (C=O) groups excluding carboxylic acids is 1. The molecular formula is C32H37ClN2O5S. The van der Waals surface area contributed by atoms with Crippen molar-refractivity contribution in [2.24, 2.45) is 23.7 Å². The maximum Gasteiger partial charge on any atom is 0.264 e. The molecule has 2 saturated carbocycles. The minimum atomic E-state index is -3.81. The number of anilines is 1. The molecule has 0 radical (unpaired) electrons. The number of carbonyl (C=O) groups is 1. The van der Waals surface area contributed by atoms with E-state index in [-0.39, 0.29) is 28.9 Å². The minimum Gasteiger partial charge on any atom is -0.490 e. The Kier molecular flexibility index (Phi) is 6.87. The third-order valence-electron chi connectivity index (χ3n) is 10.4. The molecule has 2 heterocycles. The number of hydrogen-bond acceptors (Lipinski definition) is 6. The number of hydrogen-bond donors (Lipinski definition) is 2. The number of nitrogens with one attached hydrogen (secondary N) is 1. The Morgan fingerprint density at radius 3 is 2.68 bits per heavy atom. The van der Waals surface area contributed by atoms with Gasteiger partial charge in [-0.15, -0.1) is 0 Å². The molecule has 0 saturated heterocycles. The summed E-state index contributed by atoms with van der Waals surface area (Å²) in [7, 11) is -3.81. The van der Waals surface area contributed by atoms with Gasteiger partial charge in [0.05, 0.1) is 24.2 Å². The monoisotopic (exact) mass is 596 g/mol. The Hall–Kier alpha value is -2.55. The molecular weight excluding hydrogens is 560 g/mol. The van der Waals surface area contributed by atoms with Crippen molar-refractivity contribution in [3.63, 3.8) is 0 Å². The molecule has 7 rings (SSSR count). The molecule has 0 unspecified atom stereocenters. The van der Waals surface area contributed by atoms with Crippen LogP contribution in [0.4, 0.5) is 5.69 Å². The van der Waals surface area contributed by atoms with Crippen molar-refractivity contribution in [1.82, 2.24) is 4.72 Å². The van der Waals surface area contributed by atoms with Crippen molar-refractivity contribution < 1.29 is 23.1 Å². The zero-order chi connectivity index (χ0) is 28.4. The Morgan fingerprint density at radius 2 is 1.90 bits per heavy atom.